The highest BCUT2D eigenvalue weighted by Crippen LogP contribution is 2.37. The van der Waals surface area contributed by atoms with Crippen molar-refractivity contribution in [3.8, 4) is 11.1 Å². The van der Waals surface area contributed by atoms with Crippen molar-refractivity contribution in [3.05, 3.63) is 137 Å². The maximum Gasteiger partial charge on any atom is 0.0468 e. The van der Waals surface area contributed by atoms with E-state index < -0.39 is 0 Å². The molecule has 5 rings (SSSR count). The minimum absolute atomic E-state index is 1.13. The van der Waals surface area contributed by atoms with Crippen LogP contribution in [0.3, 0.4) is 0 Å². The van der Waals surface area contributed by atoms with Crippen molar-refractivity contribution in [1.82, 2.24) is 0 Å². The number of nitrogens with zero attached hydrogens (tertiary/aromatic N) is 1. The summed E-state index contributed by atoms with van der Waals surface area (Å²) in [6.45, 7) is 0. The zero-order valence-electron chi connectivity index (χ0n) is 17.6. The van der Waals surface area contributed by atoms with Crippen molar-refractivity contribution >= 4 is 40.6 Å². The van der Waals surface area contributed by atoms with Crippen LogP contribution in [0.5, 0.6) is 0 Å². The Hall–Kier alpha value is -3.88. The van der Waals surface area contributed by atoms with Crippen LogP contribution in [0.25, 0.3) is 23.3 Å². The van der Waals surface area contributed by atoms with E-state index in [0.717, 1.165) is 17.1 Å². The first-order valence-corrected chi connectivity index (χ1v) is 11.6. The Morgan fingerprint density at radius 1 is 0.562 bits per heavy atom. The van der Waals surface area contributed by atoms with E-state index in [0.29, 0.717) is 0 Å². The third-order valence-corrected chi connectivity index (χ3v) is 6.11. The SMILES string of the molecule is C(=Cc1ccc(N(c2ccccc2)c2ccccc2)cc1-c1ccccc1)c1ccsc1. The lowest BCUT2D eigenvalue weighted by atomic mass is 9.97. The number of thiophene rings is 1. The van der Waals surface area contributed by atoms with Gasteiger partial charge in [-0.25, -0.2) is 0 Å². The molecule has 0 aliphatic heterocycles. The topological polar surface area (TPSA) is 3.24 Å². The van der Waals surface area contributed by atoms with Gasteiger partial charge in [0, 0.05) is 17.1 Å². The summed E-state index contributed by atoms with van der Waals surface area (Å²) in [4.78, 5) is 2.30. The summed E-state index contributed by atoms with van der Waals surface area (Å²) in [6, 6.07) is 40.5. The monoisotopic (exact) mass is 429 g/mol. The van der Waals surface area contributed by atoms with Gasteiger partial charge in [0.05, 0.1) is 0 Å². The summed E-state index contributed by atoms with van der Waals surface area (Å²) in [7, 11) is 0. The second kappa shape index (κ2) is 9.51. The van der Waals surface area contributed by atoms with Crippen LogP contribution in [0.2, 0.25) is 0 Å². The maximum absolute atomic E-state index is 2.30. The normalized spacial score (nSPS) is 11.0. The molecule has 0 saturated heterocycles. The second-order valence-electron chi connectivity index (χ2n) is 7.53. The predicted molar refractivity (Wildman–Crippen MR) is 140 cm³/mol. The Kier molecular flexibility index (Phi) is 5.95. The van der Waals surface area contributed by atoms with Crippen LogP contribution in [0.1, 0.15) is 11.1 Å². The third-order valence-electron chi connectivity index (χ3n) is 5.41. The van der Waals surface area contributed by atoms with Gasteiger partial charge in [-0.3, -0.25) is 0 Å². The van der Waals surface area contributed by atoms with Crippen LogP contribution in [0.15, 0.2) is 126 Å². The summed E-state index contributed by atoms with van der Waals surface area (Å²) >= 11 is 1.72. The van der Waals surface area contributed by atoms with Gasteiger partial charge >= 0.3 is 0 Å². The average molecular weight is 430 g/mol. The number of benzene rings is 4. The summed E-state index contributed by atoms with van der Waals surface area (Å²) < 4.78 is 0. The molecule has 32 heavy (non-hydrogen) atoms. The van der Waals surface area contributed by atoms with Gasteiger partial charge in [-0.2, -0.15) is 11.3 Å². The molecule has 154 valence electrons. The minimum Gasteiger partial charge on any atom is -0.310 e. The molecule has 1 heterocycles. The van der Waals surface area contributed by atoms with E-state index in [1.165, 1.54) is 22.3 Å². The fourth-order valence-electron chi connectivity index (χ4n) is 3.85. The molecule has 0 saturated carbocycles. The number of anilines is 3. The highest BCUT2D eigenvalue weighted by atomic mass is 32.1. The Morgan fingerprint density at radius 3 is 1.78 bits per heavy atom. The van der Waals surface area contributed by atoms with E-state index in [2.05, 4.69) is 143 Å². The second-order valence-corrected chi connectivity index (χ2v) is 8.31. The molecule has 0 N–H and O–H groups in total. The van der Waals surface area contributed by atoms with Crippen LogP contribution in [0.4, 0.5) is 17.1 Å². The van der Waals surface area contributed by atoms with Crippen LogP contribution in [-0.2, 0) is 0 Å². The molecule has 0 aliphatic carbocycles. The maximum atomic E-state index is 2.30. The highest BCUT2D eigenvalue weighted by Gasteiger charge is 2.14. The number of hydrogen-bond acceptors (Lipinski definition) is 2. The molecular formula is C30H23NS. The molecule has 2 heteroatoms. The smallest absolute Gasteiger partial charge is 0.0468 e. The third kappa shape index (κ3) is 4.41. The van der Waals surface area contributed by atoms with Crippen LogP contribution in [0, 0.1) is 0 Å². The summed E-state index contributed by atoms with van der Waals surface area (Å²) in [6.07, 6.45) is 4.40. The standard InChI is InChI=1S/C30H23NS/c1-4-10-25(11-5-1)30-22-29(19-18-26(30)17-16-24-20-21-32-23-24)31(27-12-6-2-7-13-27)28-14-8-3-9-15-28/h1-23H. The summed E-state index contributed by atoms with van der Waals surface area (Å²) in [5, 5.41) is 4.28. The lowest BCUT2D eigenvalue weighted by Gasteiger charge is -2.26. The lowest BCUT2D eigenvalue weighted by Crippen LogP contribution is -2.10. The van der Waals surface area contributed by atoms with Gasteiger partial charge in [0.15, 0.2) is 0 Å². The van der Waals surface area contributed by atoms with Crippen LogP contribution in [-0.4, -0.2) is 0 Å². The Morgan fingerprint density at radius 2 is 1.19 bits per heavy atom. The van der Waals surface area contributed by atoms with E-state index >= 15 is 0 Å². The van der Waals surface area contributed by atoms with Gasteiger partial charge in [0.2, 0.25) is 0 Å². The number of hydrogen-bond donors (Lipinski definition) is 0. The van der Waals surface area contributed by atoms with E-state index in [9.17, 15) is 0 Å². The van der Waals surface area contributed by atoms with Gasteiger partial charge in [-0.05, 0) is 75.5 Å². The van der Waals surface area contributed by atoms with Crippen molar-refractivity contribution < 1.29 is 0 Å². The molecule has 4 aromatic carbocycles. The molecule has 1 aromatic heterocycles. The Labute approximate surface area is 193 Å². The summed E-state index contributed by atoms with van der Waals surface area (Å²) in [5.74, 6) is 0. The fraction of sp³-hybridized carbons (Fsp3) is 0. The average Bonchev–Trinajstić information content (AvgIpc) is 3.39. The first-order chi connectivity index (χ1) is 15.9. The van der Waals surface area contributed by atoms with E-state index in [-0.39, 0.29) is 0 Å². The van der Waals surface area contributed by atoms with Gasteiger partial charge in [0.25, 0.3) is 0 Å². The molecule has 1 nitrogen and oxygen atoms in total. The van der Waals surface area contributed by atoms with E-state index in [1.54, 1.807) is 11.3 Å². The van der Waals surface area contributed by atoms with Gasteiger partial charge in [-0.15, -0.1) is 0 Å². The van der Waals surface area contributed by atoms with Crippen molar-refractivity contribution in [2.75, 3.05) is 4.90 Å². The quantitative estimate of drug-likeness (QED) is 0.260. The van der Waals surface area contributed by atoms with Gasteiger partial charge in [0.1, 0.15) is 0 Å². The molecule has 0 spiro atoms. The molecule has 0 amide bonds. The fourth-order valence-corrected chi connectivity index (χ4v) is 4.48. The molecule has 0 radical (unpaired) electrons. The molecule has 0 atom stereocenters. The Bertz CT molecular complexity index is 1250. The molecular weight excluding hydrogens is 406 g/mol. The highest BCUT2D eigenvalue weighted by molar-refractivity contribution is 7.08. The van der Waals surface area contributed by atoms with Crippen molar-refractivity contribution in [1.29, 1.82) is 0 Å². The number of rotatable bonds is 6. The van der Waals surface area contributed by atoms with Gasteiger partial charge < -0.3 is 4.90 Å². The minimum atomic E-state index is 1.13. The number of para-hydroxylation sites is 2. The molecule has 0 aliphatic rings. The lowest BCUT2D eigenvalue weighted by molar-refractivity contribution is 1.28. The molecule has 0 bridgehead atoms. The summed E-state index contributed by atoms with van der Waals surface area (Å²) in [5.41, 5.74) is 8.26. The van der Waals surface area contributed by atoms with Crippen molar-refractivity contribution in [2.45, 2.75) is 0 Å². The molecule has 5 aromatic rings. The largest absolute Gasteiger partial charge is 0.310 e. The van der Waals surface area contributed by atoms with E-state index in [4.69, 9.17) is 0 Å². The first kappa shape index (κ1) is 20.0. The molecule has 0 unspecified atom stereocenters. The van der Waals surface area contributed by atoms with Gasteiger partial charge in [-0.1, -0.05) is 84.9 Å². The zero-order valence-corrected chi connectivity index (χ0v) is 18.5. The molecule has 0 fully saturated rings. The van der Waals surface area contributed by atoms with Crippen LogP contribution < -0.4 is 4.90 Å². The van der Waals surface area contributed by atoms with Crippen LogP contribution >= 0.6 is 11.3 Å². The predicted octanol–water partition coefficient (Wildman–Crippen LogP) is 9.06. The Balaban J connectivity index is 1.65. The van der Waals surface area contributed by atoms with Crippen molar-refractivity contribution in [2.24, 2.45) is 0 Å². The van der Waals surface area contributed by atoms with E-state index in [1.807, 2.05) is 0 Å². The van der Waals surface area contributed by atoms with Crippen molar-refractivity contribution in [3.63, 3.8) is 0 Å². The first-order valence-electron chi connectivity index (χ1n) is 10.7. The zero-order chi connectivity index (χ0) is 21.6.